The van der Waals surface area contributed by atoms with Gasteiger partial charge in [-0.2, -0.15) is 30.4 Å². The van der Waals surface area contributed by atoms with E-state index in [4.69, 9.17) is 0 Å². The highest BCUT2D eigenvalue weighted by atomic mass is 32.2. The molecule has 0 bridgehead atoms. The van der Waals surface area contributed by atoms with Crippen molar-refractivity contribution in [2.45, 2.75) is 30.1 Å². The van der Waals surface area contributed by atoms with Crippen LogP contribution < -0.4 is 5.32 Å². The highest BCUT2D eigenvalue weighted by molar-refractivity contribution is 7.99. The summed E-state index contributed by atoms with van der Waals surface area (Å²) in [6, 6.07) is 2.97. The summed E-state index contributed by atoms with van der Waals surface area (Å²) in [4.78, 5) is 14.9. The summed E-state index contributed by atoms with van der Waals surface area (Å²) < 4.78 is 28.5. The van der Waals surface area contributed by atoms with Gasteiger partial charge in [-0.15, -0.1) is 0 Å². The van der Waals surface area contributed by atoms with Gasteiger partial charge in [0.15, 0.2) is 0 Å². The fourth-order valence-electron chi connectivity index (χ4n) is 2.84. The molecule has 1 amide bonds. The Kier molecular flexibility index (Phi) is 7.01. The number of nitrogens with one attached hydrogen (secondary N) is 1. The van der Waals surface area contributed by atoms with E-state index >= 15 is 0 Å². The lowest BCUT2D eigenvalue weighted by atomic mass is 9.79. The number of benzene rings is 1. The van der Waals surface area contributed by atoms with Crippen LogP contribution in [0.1, 0.15) is 18.9 Å². The average Bonchev–Trinajstić information content (AvgIpc) is 3.03. The number of carbonyl (C=O) groups is 1. The first-order valence-corrected chi connectivity index (χ1v) is 8.88. The van der Waals surface area contributed by atoms with Crippen molar-refractivity contribution >= 4 is 31.2 Å². The minimum atomic E-state index is -1.81. The number of aliphatic hydroxyl groups is 1. The Labute approximate surface area is 160 Å². The quantitative estimate of drug-likeness (QED) is 0.401. The van der Waals surface area contributed by atoms with E-state index in [2.05, 4.69) is 40.7 Å². The lowest BCUT2D eigenvalue weighted by Gasteiger charge is -2.38. The molecule has 0 unspecified atom stereocenters. The van der Waals surface area contributed by atoms with Crippen LogP contribution in [0.2, 0.25) is 0 Å². The molecule has 0 aliphatic carbocycles. The molecule has 2 atom stereocenters. The molecule has 2 aromatic rings. The van der Waals surface area contributed by atoms with Crippen LogP contribution in [-0.2, 0) is 16.9 Å². The largest absolute Gasteiger partial charge is 0.383 e. The summed E-state index contributed by atoms with van der Waals surface area (Å²) in [7, 11) is 0. The summed E-state index contributed by atoms with van der Waals surface area (Å²) >= 11 is 8.63. The van der Waals surface area contributed by atoms with Gasteiger partial charge in [0.1, 0.15) is 29.9 Å². The standard InChI is InChI=1S/C16H20F2N4O2S2/c1-10(23)20-5-4-13(15(25)26)16(24,7-22-9-19-8-21-22)12-3-2-11(17)6-14(12)18/h2-3,6,8-9,13,15,24-26H,4-5,7H2,1H3,(H,20,23)/t13-,16-/m0/s1. The molecular weight excluding hydrogens is 382 g/mol. The van der Waals surface area contributed by atoms with Crippen molar-refractivity contribution in [1.82, 2.24) is 20.1 Å². The van der Waals surface area contributed by atoms with E-state index in [0.29, 0.717) is 6.07 Å². The highest BCUT2D eigenvalue weighted by Crippen LogP contribution is 2.40. The third-order valence-electron chi connectivity index (χ3n) is 4.07. The number of carbonyl (C=O) groups excluding carboxylic acids is 1. The molecule has 2 rings (SSSR count). The lowest BCUT2D eigenvalue weighted by Crippen LogP contribution is -2.45. The second-order valence-electron chi connectivity index (χ2n) is 5.93. The lowest BCUT2D eigenvalue weighted by molar-refractivity contribution is -0.119. The minimum absolute atomic E-state index is 0.102. The number of hydrogen-bond donors (Lipinski definition) is 4. The van der Waals surface area contributed by atoms with Gasteiger partial charge in [-0.05, 0) is 12.5 Å². The van der Waals surface area contributed by atoms with Gasteiger partial charge in [-0.3, -0.25) is 4.79 Å². The third-order valence-corrected chi connectivity index (χ3v) is 4.79. The van der Waals surface area contributed by atoms with E-state index in [1.807, 2.05) is 0 Å². The Balaban J connectivity index is 2.44. The number of halogens is 2. The Morgan fingerprint density at radius 1 is 1.42 bits per heavy atom. The van der Waals surface area contributed by atoms with Gasteiger partial charge in [0.2, 0.25) is 5.91 Å². The number of nitrogens with zero attached hydrogens (tertiary/aromatic N) is 3. The third kappa shape index (κ3) is 4.95. The van der Waals surface area contributed by atoms with Gasteiger partial charge < -0.3 is 10.4 Å². The maximum Gasteiger partial charge on any atom is 0.216 e. The average molecular weight is 402 g/mol. The Hall–Kier alpha value is -1.65. The molecule has 0 fully saturated rings. The predicted molar refractivity (Wildman–Crippen MR) is 98.8 cm³/mol. The zero-order valence-electron chi connectivity index (χ0n) is 14.0. The normalized spacial score (nSPS) is 14.9. The molecule has 0 radical (unpaired) electrons. The molecule has 0 spiro atoms. The van der Waals surface area contributed by atoms with Gasteiger partial charge in [-0.25, -0.2) is 18.4 Å². The van der Waals surface area contributed by atoms with Crippen LogP contribution in [0.25, 0.3) is 0 Å². The Bertz CT molecular complexity index is 746. The first-order valence-electron chi connectivity index (χ1n) is 7.85. The van der Waals surface area contributed by atoms with Gasteiger partial charge in [0, 0.05) is 31.0 Å². The molecule has 0 saturated heterocycles. The number of amides is 1. The van der Waals surface area contributed by atoms with Crippen LogP contribution >= 0.6 is 25.3 Å². The van der Waals surface area contributed by atoms with Crippen molar-refractivity contribution in [2.75, 3.05) is 6.54 Å². The SMILES string of the molecule is CC(=O)NCC[C@@H](C(S)S)[C@](O)(Cn1cncn1)c1ccc(F)cc1F. The minimum Gasteiger partial charge on any atom is -0.383 e. The molecule has 1 aromatic carbocycles. The predicted octanol–water partition coefficient (Wildman–Crippen LogP) is 1.77. The van der Waals surface area contributed by atoms with Crippen molar-refractivity contribution in [3.63, 3.8) is 0 Å². The number of aromatic nitrogens is 3. The summed E-state index contributed by atoms with van der Waals surface area (Å²) in [5.41, 5.74) is -1.91. The van der Waals surface area contributed by atoms with Crippen LogP contribution in [0.3, 0.4) is 0 Å². The molecule has 2 N–H and O–H groups in total. The first kappa shape index (κ1) is 20.7. The van der Waals surface area contributed by atoms with Crippen LogP contribution in [0.5, 0.6) is 0 Å². The van der Waals surface area contributed by atoms with E-state index in [0.717, 1.165) is 6.07 Å². The fourth-order valence-corrected chi connectivity index (χ4v) is 3.63. The second kappa shape index (κ2) is 8.83. The van der Waals surface area contributed by atoms with Crippen molar-refractivity contribution in [1.29, 1.82) is 0 Å². The molecule has 10 heteroatoms. The van der Waals surface area contributed by atoms with Gasteiger partial charge in [0.05, 0.1) is 11.1 Å². The Morgan fingerprint density at radius 2 is 2.15 bits per heavy atom. The van der Waals surface area contributed by atoms with Gasteiger partial charge >= 0.3 is 0 Å². The van der Waals surface area contributed by atoms with Crippen LogP contribution in [0.4, 0.5) is 8.78 Å². The van der Waals surface area contributed by atoms with Crippen LogP contribution in [0, 0.1) is 17.6 Å². The molecule has 6 nitrogen and oxygen atoms in total. The number of rotatable bonds is 8. The molecule has 1 aromatic heterocycles. The fraction of sp³-hybridized carbons (Fsp3) is 0.438. The smallest absolute Gasteiger partial charge is 0.216 e. The number of thiol groups is 2. The zero-order valence-corrected chi connectivity index (χ0v) is 15.8. The molecule has 0 aliphatic rings. The number of hydrogen-bond acceptors (Lipinski definition) is 6. The molecule has 0 aliphatic heterocycles. The topological polar surface area (TPSA) is 80.0 Å². The molecule has 26 heavy (non-hydrogen) atoms. The zero-order chi connectivity index (χ0) is 19.3. The van der Waals surface area contributed by atoms with Crippen molar-refractivity contribution < 1.29 is 18.7 Å². The van der Waals surface area contributed by atoms with Crippen LogP contribution in [-0.4, -0.2) is 36.9 Å². The summed E-state index contributed by atoms with van der Waals surface area (Å²) in [5.74, 6) is -2.56. The van der Waals surface area contributed by atoms with Crippen molar-refractivity contribution in [2.24, 2.45) is 5.92 Å². The Morgan fingerprint density at radius 3 is 2.69 bits per heavy atom. The monoisotopic (exact) mass is 402 g/mol. The van der Waals surface area contributed by atoms with Crippen LogP contribution in [0.15, 0.2) is 30.9 Å². The molecule has 142 valence electrons. The highest BCUT2D eigenvalue weighted by Gasteiger charge is 2.43. The van der Waals surface area contributed by atoms with E-state index < -0.39 is 27.7 Å². The van der Waals surface area contributed by atoms with E-state index in [1.165, 1.54) is 30.3 Å². The second-order valence-corrected chi connectivity index (χ2v) is 7.45. The van der Waals surface area contributed by atoms with Crippen molar-refractivity contribution in [3.8, 4) is 0 Å². The van der Waals surface area contributed by atoms with Gasteiger partial charge in [-0.1, -0.05) is 6.07 Å². The first-order chi connectivity index (χ1) is 12.2. The molecule has 1 heterocycles. The van der Waals surface area contributed by atoms with E-state index in [9.17, 15) is 18.7 Å². The maximum atomic E-state index is 14.5. The summed E-state index contributed by atoms with van der Waals surface area (Å²) in [6.45, 7) is 1.47. The molecule has 0 saturated carbocycles. The van der Waals surface area contributed by atoms with Crippen molar-refractivity contribution in [3.05, 3.63) is 48.1 Å². The summed E-state index contributed by atoms with van der Waals surface area (Å²) in [5, 5.41) is 18.0. The van der Waals surface area contributed by atoms with E-state index in [1.54, 1.807) is 0 Å². The summed E-state index contributed by atoms with van der Waals surface area (Å²) in [6.07, 6.45) is 2.93. The molecular formula is C16H20F2N4O2S2. The van der Waals surface area contributed by atoms with Gasteiger partial charge in [0.25, 0.3) is 0 Å². The maximum absolute atomic E-state index is 14.5. The van der Waals surface area contributed by atoms with E-state index in [-0.39, 0.29) is 31.0 Å².